The van der Waals surface area contributed by atoms with Gasteiger partial charge < -0.3 is 10.6 Å². The maximum atomic E-state index is 14.0. The molecule has 0 spiro atoms. The first kappa shape index (κ1) is 14.9. The van der Waals surface area contributed by atoms with E-state index in [9.17, 15) is 8.78 Å². The normalized spacial score (nSPS) is 12.6. The Bertz CT molecular complexity index is 394. The van der Waals surface area contributed by atoms with Gasteiger partial charge in [0.2, 0.25) is 0 Å². The SMILES string of the molecule is CCC(C)CN(CC)c1ccc(CN)c(F)c1F. The standard InChI is InChI=1S/C14H22F2N2/c1-4-10(3)9-18(5-2)12-7-6-11(8-17)13(15)14(12)16/h6-7,10H,4-5,8-9,17H2,1-3H3. The molecule has 0 heterocycles. The third kappa shape index (κ3) is 3.19. The molecule has 0 radical (unpaired) electrons. The summed E-state index contributed by atoms with van der Waals surface area (Å²) in [4.78, 5) is 1.87. The van der Waals surface area contributed by atoms with Gasteiger partial charge in [0.25, 0.3) is 0 Å². The van der Waals surface area contributed by atoms with Crippen molar-refractivity contribution in [3.63, 3.8) is 0 Å². The van der Waals surface area contributed by atoms with Gasteiger partial charge in [-0.1, -0.05) is 26.3 Å². The fourth-order valence-corrected chi connectivity index (χ4v) is 1.88. The summed E-state index contributed by atoms with van der Waals surface area (Å²) >= 11 is 0. The van der Waals surface area contributed by atoms with E-state index >= 15 is 0 Å². The molecule has 1 atom stereocenters. The van der Waals surface area contributed by atoms with E-state index in [1.165, 1.54) is 0 Å². The van der Waals surface area contributed by atoms with Crippen molar-refractivity contribution in [2.45, 2.75) is 33.7 Å². The second-order valence-corrected chi connectivity index (χ2v) is 4.63. The Hall–Kier alpha value is -1.16. The van der Waals surface area contributed by atoms with Crippen LogP contribution in [0.2, 0.25) is 0 Å². The number of halogens is 2. The first-order chi connectivity index (χ1) is 8.54. The lowest BCUT2D eigenvalue weighted by Gasteiger charge is -2.27. The molecule has 0 aromatic heterocycles. The molecule has 1 unspecified atom stereocenters. The van der Waals surface area contributed by atoms with E-state index in [-0.39, 0.29) is 12.1 Å². The molecule has 1 rings (SSSR count). The van der Waals surface area contributed by atoms with Crippen molar-refractivity contribution < 1.29 is 8.78 Å². The van der Waals surface area contributed by atoms with E-state index < -0.39 is 11.6 Å². The summed E-state index contributed by atoms with van der Waals surface area (Å²) in [6.07, 6.45) is 1.02. The van der Waals surface area contributed by atoms with Gasteiger partial charge in [-0.2, -0.15) is 0 Å². The van der Waals surface area contributed by atoms with Crippen LogP contribution in [0.15, 0.2) is 12.1 Å². The number of benzene rings is 1. The van der Waals surface area contributed by atoms with Crippen molar-refractivity contribution in [3.05, 3.63) is 29.3 Å². The van der Waals surface area contributed by atoms with E-state index in [1.807, 2.05) is 11.8 Å². The quantitative estimate of drug-likeness (QED) is 0.846. The highest BCUT2D eigenvalue weighted by atomic mass is 19.2. The molecule has 0 aliphatic heterocycles. The highest BCUT2D eigenvalue weighted by molar-refractivity contribution is 5.49. The Balaban J connectivity index is 3.03. The molecule has 2 N–H and O–H groups in total. The van der Waals surface area contributed by atoms with Gasteiger partial charge in [-0.15, -0.1) is 0 Å². The Morgan fingerprint density at radius 3 is 2.39 bits per heavy atom. The molecule has 102 valence electrons. The number of hydrogen-bond acceptors (Lipinski definition) is 2. The van der Waals surface area contributed by atoms with Crippen molar-refractivity contribution in [1.29, 1.82) is 0 Å². The third-order valence-corrected chi connectivity index (χ3v) is 3.31. The molecule has 1 aromatic rings. The summed E-state index contributed by atoms with van der Waals surface area (Å²) < 4.78 is 27.7. The number of nitrogens with two attached hydrogens (primary N) is 1. The van der Waals surface area contributed by atoms with Crippen LogP contribution < -0.4 is 10.6 Å². The van der Waals surface area contributed by atoms with Crippen LogP contribution in [0.5, 0.6) is 0 Å². The monoisotopic (exact) mass is 256 g/mol. The maximum absolute atomic E-state index is 14.0. The van der Waals surface area contributed by atoms with Crippen molar-refractivity contribution >= 4 is 5.69 Å². The fraction of sp³-hybridized carbons (Fsp3) is 0.571. The maximum Gasteiger partial charge on any atom is 0.182 e. The lowest BCUT2D eigenvalue weighted by Crippen LogP contribution is -2.29. The Morgan fingerprint density at radius 1 is 1.22 bits per heavy atom. The molecule has 1 aromatic carbocycles. The second kappa shape index (κ2) is 6.69. The van der Waals surface area contributed by atoms with Crippen molar-refractivity contribution in [3.8, 4) is 0 Å². The van der Waals surface area contributed by atoms with Gasteiger partial charge in [0.15, 0.2) is 11.6 Å². The molecule has 0 fully saturated rings. The first-order valence-electron chi connectivity index (χ1n) is 6.46. The zero-order valence-corrected chi connectivity index (χ0v) is 11.3. The van der Waals surface area contributed by atoms with Crippen LogP contribution in [-0.2, 0) is 6.54 Å². The van der Waals surface area contributed by atoms with Crippen LogP contribution in [0.3, 0.4) is 0 Å². The molecule has 0 amide bonds. The number of hydrogen-bond donors (Lipinski definition) is 1. The van der Waals surface area contributed by atoms with Gasteiger partial charge in [0.1, 0.15) is 0 Å². The van der Waals surface area contributed by atoms with Gasteiger partial charge in [-0.25, -0.2) is 8.78 Å². The summed E-state index contributed by atoms with van der Waals surface area (Å²) in [5.41, 5.74) is 5.90. The van der Waals surface area contributed by atoms with Gasteiger partial charge in [0.05, 0.1) is 5.69 Å². The fourth-order valence-electron chi connectivity index (χ4n) is 1.88. The molecule has 2 nitrogen and oxygen atoms in total. The molecular formula is C14H22F2N2. The van der Waals surface area contributed by atoms with Crippen LogP contribution in [-0.4, -0.2) is 13.1 Å². The minimum atomic E-state index is -0.822. The highest BCUT2D eigenvalue weighted by Crippen LogP contribution is 2.25. The van der Waals surface area contributed by atoms with Crippen LogP contribution in [0.4, 0.5) is 14.5 Å². The number of anilines is 1. The predicted octanol–water partition coefficient (Wildman–Crippen LogP) is 3.30. The molecular weight excluding hydrogens is 234 g/mol. The topological polar surface area (TPSA) is 29.3 Å². The van der Waals surface area contributed by atoms with Crippen LogP contribution in [0, 0.1) is 17.6 Å². The van der Waals surface area contributed by atoms with Gasteiger partial charge in [-0.05, 0) is 18.9 Å². The van der Waals surface area contributed by atoms with Gasteiger partial charge in [0, 0.05) is 25.2 Å². The van der Waals surface area contributed by atoms with Gasteiger partial charge in [-0.3, -0.25) is 0 Å². The molecule has 4 heteroatoms. The van der Waals surface area contributed by atoms with Crippen LogP contribution in [0.25, 0.3) is 0 Å². The van der Waals surface area contributed by atoms with Gasteiger partial charge >= 0.3 is 0 Å². The third-order valence-electron chi connectivity index (χ3n) is 3.31. The molecule has 18 heavy (non-hydrogen) atoms. The van der Waals surface area contributed by atoms with E-state index in [1.54, 1.807) is 12.1 Å². The van der Waals surface area contributed by atoms with E-state index in [0.717, 1.165) is 13.0 Å². The average Bonchev–Trinajstić information content (AvgIpc) is 2.39. The smallest absolute Gasteiger partial charge is 0.182 e. The number of nitrogens with zero attached hydrogens (tertiary/aromatic N) is 1. The largest absolute Gasteiger partial charge is 0.369 e. The van der Waals surface area contributed by atoms with Crippen molar-refractivity contribution in [2.24, 2.45) is 11.7 Å². The Morgan fingerprint density at radius 2 is 1.89 bits per heavy atom. The summed E-state index contributed by atoms with van der Waals surface area (Å²) in [5.74, 6) is -1.16. The Labute approximate surface area is 108 Å². The molecule has 0 bridgehead atoms. The van der Waals surface area contributed by atoms with E-state index in [4.69, 9.17) is 5.73 Å². The van der Waals surface area contributed by atoms with E-state index in [2.05, 4.69) is 13.8 Å². The molecule has 0 aliphatic rings. The van der Waals surface area contributed by atoms with Crippen LogP contribution in [0.1, 0.15) is 32.8 Å². The molecule has 0 saturated carbocycles. The lowest BCUT2D eigenvalue weighted by atomic mass is 10.1. The van der Waals surface area contributed by atoms with Crippen molar-refractivity contribution in [2.75, 3.05) is 18.0 Å². The zero-order chi connectivity index (χ0) is 13.7. The summed E-state index contributed by atoms with van der Waals surface area (Å²) in [6.45, 7) is 7.53. The average molecular weight is 256 g/mol. The number of rotatable bonds is 6. The Kier molecular flexibility index (Phi) is 5.54. The molecule has 0 saturated heterocycles. The minimum absolute atomic E-state index is 0.0144. The lowest BCUT2D eigenvalue weighted by molar-refractivity contribution is 0.489. The van der Waals surface area contributed by atoms with E-state index in [0.29, 0.717) is 18.2 Å². The van der Waals surface area contributed by atoms with Crippen molar-refractivity contribution in [1.82, 2.24) is 0 Å². The summed E-state index contributed by atoms with van der Waals surface area (Å²) in [6, 6.07) is 3.18. The molecule has 0 aliphatic carbocycles. The summed E-state index contributed by atoms with van der Waals surface area (Å²) in [7, 11) is 0. The minimum Gasteiger partial charge on any atom is -0.369 e. The second-order valence-electron chi connectivity index (χ2n) is 4.63. The predicted molar refractivity (Wildman–Crippen MR) is 71.6 cm³/mol. The van der Waals surface area contributed by atoms with Crippen LogP contribution >= 0.6 is 0 Å². The zero-order valence-electron chi connectivity index (χ0n) is 11.3. The highest BCUT2D eigenvalue weighted by Gasteiger charge is 2.17. The summed E-state index contributed by atoms with van der Waals surface area (Å²) in [5, 5.41) is 0. The first-order valence-corrected chi connectivity index (χ1v) is 6.46.